The predicted molar refractivity (Wildman–Crippen MR) is 45.4 cm³/mol. The third-order valence-corrected chi connectivity index (χ3v) is 1.17. The average Bonchev–Trinajstić information content (AvgIpc) is 1.97. The van der Waals surface area contributed by atoms with E-state index >= 15 is 0 Å². The Labute approximate surface area is 62.6 Å². The van der Waals surface area contributed by atoms with Crippen LogP contribution in [0.25, 0.3) is 0 Å². The maximum Gasteiger partial charge on any atom is 0.00808 e. The van der Waals surface area contributed by atoms with Crippen molar-refractivity contribution in [1.29, 1.82) is 0 Å². The number of hydrogen-bond donors (Lipinski definition) is 2. The molecule has 58 valence electrons. The molecule has 0 aromatic carbocycles. The largest absolute Gasteiger partial charge is 0.402 e. The average molecular weight is 140 g/mol. The van der Waals surface area contributed by atoms with E-state index in [9.17, 15) is 0 Å². The van der Waals surface area contributed by atoms with E-state index < -0.39 is 0 Å². The number of allylic oxidation sites excluding steroid dienone is 4. The Morgan fingerprint density at radius 2 is 2.20 bits per heavy atom. The third kappa shape index (κ3) is 5.38. The first-order valence-corrected chi connectivity index (χ1v) is 3.58. The second kappa shape index (κ2) is 6.36. The van der Waals surface area contributed by atoms with Crippen LogP contribution in [-0.4, -0.2) is 6.54 Å². The number of nitrogens with two attached hydrogens (primary N) is 2. The van der Waals surface area contributed by atoms with E-state index in [4.69, 9.17) is 11.5 Å². The van der Waals surface area contributed by atoms with Gasteiger partial charge in [-0.15, -0.1) is 0 Å². The van der Waals surface area contributed by atoms with Crippen LogP contribution in [0.3, 0.4) is 0 Å². The Morgan fingerprint density at radius 3 is 2.70 bits per heavy atom. The van der Waals surface area contributed by atoms with E-state index in [0.29, 0.717) is 6.54 Å². The standard InChI is InChI=1S/C8H16N2/c1-2-3-5-8(10)6-4-7-9/h2-3,5H,4,6-7,9-10H2,1H3/b3-2-,8-5+. The summed E-state index contributed by atoms with van der Waals surface area (Å²) in [5, 5.41) is 0. The van der Waals surface area contributed by atoms with E-state index in [2.05, 4.69) is 0 Å². The van der Waals surface area contributed by atoms with Crippen LogP contribution >= 0.6 is 0 Å². The van der Waals surface area contributed by atoms with Gasteiger partial charge in [0.1, 0.15) is 0 Å². The fraction of sp³-hybridized carbons (Fsp3) is 0.500. The lowest BCUT2D eigenvalue weighted by Gasteiger charge is -1.95. The quantitative estimate of drug-likeness (QED) is 0.575. The first-order chi connectivity index (χ1) is 4.81. The van der Waals surface area contributed by atoms with Crippen molar-refractivity contribution in [3.63, 3.8) is 0 Å². The molecule has 0 saturated carbocycles. The van der Waals surface area contributed by atoms with Crippen LogP contribution in [0.2, 0.25) is 0 Å². The van der Waals surface area contributed by atoms with Crippen molar-refractivity contribution >= 4 is 0 Å². The van der Waals surface area contributed by atoms with Gasteiger partial charge in [-0.05, 0) is 32.4 Å². The minimum Gasteiger partial charge on any atom is -0.402 e. The summed E-state index contributed by atoms with van der Waals surface area (Å²) >= 11 is 0. The summed E-state index contributed by atoms with van der Waals surface area (Å²) < 4.78 is 0. The zero-order chi connectivity index (χ0) is 7.82. The molecular formula is C8H16N2. The van der Waals surface area contributed by atoms with E-state index in [1.54, 1.807) is 0 Å². The van der Waals surface area contributed by atoms with Gasteiger partial charge in [-0.3, -0.25) is 0 Å². The molecule has 4 N–H and O–H groups in total. The third-order valence-electron chi connectivity index (χ3n) is 1.17. The van der Waals surface area contributed by atoms with Gasteiger partial charge in [0, 0.05) is 5.70 Å². The predicted octanol–water partition coefficient (Wildman–Crippen LogP) is 1.14. The molecule has 2 nitrogen and oxygen atoms in total. The highest BCUT2D eigenvalue weighted by atomic mass is 14.6. The van der Waals surface area contributed by atoms with Crippen molar-refractivity contribution in [2.45, 2.75) is 19.8 Å². The van der Waals surface area contributed by atoms with Crippen molar-refractivity contribution in [2.24, 2.45) is 11.5 Å². The van der Waals surface area contributed by atoms with Crippen LogP contribution < -0.4 is 11.5 Å². The summed E-state index contributed by atoms with van der Waals surface area (Å²) in [5.41, 5.74) is 11.8. The smallest absolute Gasteiger partial charge is 0.00808 e. The van der Waals surface area contributed by atoms with Crippen LogP contribution in [0.5, 0.6) is 0 Å². The molecule has 0 aromatic heterocycles. The van der Waals surface area contributed by atoms with Crippen LogP contribution in [0, 0.1) is 0 Å². The van der Waals surface area contributed by atoms with Crippen molar-refractivity contribution < 1.29 is 0 Å². The Hall–Kier alpha value is -0.760. The molecule has 0 saturated heterocycles. The minimum atomic E-state index is 0.713. The lowest BCUT2D eigenvalue weighted by molar-refractivity contribution is 0.816. The van der Waals surface area contributed by atoms with Gasteiger partial charge < -0.3 is 11.5 Å². The maximum atomic E-state index is 5.60. The van der Waals surface area contributed by atoms with Gasteiger partial charge in [-0.1, -0.05) is 12.2 Å². The molecule has 0 fully saturated rings. The van der Waals surface area contributed by atoms with Gasteiger partial charge in [0.05, 0.1) is 0 Å². The molecule has 10 heavy (non-hydrogen) atoms. The van der Waals surface area contributed by atoms with Crippen LogP contribution in [-0.2, 0) is 0 Å². The van der Waals surface area contributed by atoms with Crippen LogP contribution in [0.1, 0.15) is 19.8 Å². The zero-order valence-corrected chi connectivity index (χ0v) is 6.51. The molecule has 0 unspecified atom stereocenters. The molecule has 0 spiro atoms. The summed E-state index contributed by atoms with van der Waals surface area (Å²) in [4.78, 5) is 0. The molecule has 0 heterocycles. The summed E-state index contributed by atoms with van der Waals surface area (Å²) in [5.74, 6) is 0. The van der Waals surface area contributed by atoms with Gasteiger partial charge in [-0.2, -0.15) is 0 Å². The molecule has 0 amide bonds. The van der Waals surface area contributed by atoms with E-state index in [-0.39, 0.29) is 0 Å². The first kappa shape index (κ1) is 9.24. The van der Waals surface area contributed by atoms with Crippen LogP contribution in [0.15, 0.2) is 23.9 Å². The lowest BCUT2D eigenvalue weighted by Crippen LogP contribution is -2.02. The summed E-state index contributed by atoms with van der Waals surface area (Å²) in [6.45, 7) is 2.68. The molecule has 0 aliphatic heterocycles. The van der Waals surface area contributed by atoms with E-state index in [0.717, 1.165) is 18.5 Å². The van der Waals surface area contributed by atoms with E-state index in [1.807, 2.05) is 25.2 Å². The first-order valence-electron chi connectivity index (χ1n) is 3.58. The summed E-state index contributed by atoms with van der Waals surface area (Å²) in [6.07, 6.45) is 7.68. The van der Waals surface area contributed by atoms with Gasteiger partial charge in [0.15, 0.2) is 0 Å². The monoisotopic (exact) mass is 140 g/mol. The highest BCUT2D eigenvalue weighted by molar-refractivity contribution is 5.08. The molecule has 0 aliphatic carbocycles. The molecule has 0 aliphatic rings. The highest BCUT2D eigenvalue weighted by Gasteiger charge is 1.85. The zero-order valence-electron chi connectivity index (χ0n) is 6.51. The number of rotatable bonds is 4. The molecule has 0 radical (unpaired) electrons. The Morgan fingerprint density at radius 1 is 1.50 bits per heavy atom. The summed E-state index contributed by atoms with van der Waals surface area (Å²) in [6, 6.07) is 0. The van der Waals surface area contributed by atoms with Crippen LogP contribution in [0.4, 0.5) is 0 Å². The highest BCUT2D eigenvalue weighted by Crippen LogP contribution is 1.95. The molecule has 0 aromatic rings. The molecule has 2 heteroatoms. The number of hydrogen-bond acceptors (Lipinski definition) is 2. The topological polar surface area (TPSA) is 52.0 Å². The van der Waals surface area contributed by atoms with Crippen molar-refractivity contribution in [1.82, 2.24) is 0 Å². The van der Waals surface area contributed by atoms with Gasteiger partial charge in [0.2, 0.25) is 0 Å². The van der Waals surface area contributed by atoms with Crippen molar-refractivity contribution in [2.75, 3.05) is 6.54 Å². The van der Waals surface area contributed by atoms with Gasteiger partial charge >= 0.3 is 0 Å². The Balaban J connectivity index is 3.49. The fourth-order valence-electron chi connectivity index (χ4n) is 0.609. The normalized spacial score (nSPS) is 12.8. The van der Waals surface area contributed by atoms with Gasteiger partial charge in [-0.25, -0.2) is 0 Å². The van der Waals surface area contributed by atoms with Crippen molar-refractivity contribution in [3.8, 4) is 0 Å². The molecule has 0 atom stereocenters. The fourth-order valence-corrected chi connectivity index (χ4v) is 0.609. The Kier molecular flexibility index (Phi) is 5.88. The molecular weight excluding hydrogens is 124 g/mol. The SMILES string of the molecule is C/C=C\C=C(\N)CCCN. The lowest BCUT2D eigenvalue weighted by atomic mass is 10.2. The van der Waals surface area contributed by atoms with E-state index in [1.165, 1.54) is 0 Å². The second-order valence-electron chi connectivity index (χ2n) is 2.16. The summed E-state index contributed by atoms with van der Waals surface area (Å²) in [7, 11) is 0. The van der Waals surface area contributed by atoms with Gasteiger partial charge in [0.25, 0.3) is 0 Å². The molecule has 0 rings (SSSR count). The minimum absolute atomic E-state index is 0.713. The Bertz CT molecular complexity index is 125. The van der Waals surface area contributed by atoms with Crippen molar-refractivity contribution in [3.05, 3.63) is 23.9 Å². The maximum absolute atomic E-state index is 5.60. The second-order valence-corrected chi connectivity index (χ2v) is 2.16. The molecule has 0 bridgehead atoms.